The molecule has 0 atom stereocenters. The molecule has 12 aromatic carbocycles. The van der Waals surface area contributed by atoms with Crippen molar-refractivity contribution in [1.82, 2.24) is 0 Å². The van der Waals surface area contributed by atoms with E-state index in [0.29, 0.717) is 0 Å². The molecule has 600 valence electrons. The molecule has 4 aliphatic carbocycles. The number of pyridine rings is 4. The third-order valence-electron chi connectivity index (χ3n) is 30.0. The van der Waals surface area contributed by atoms with Crippen molar-refractivity contribution in [3.63, 3.8) is 0 Å². The minimum atomic E-state index is -0.0430. The molecule has 0 bridgehead atoms. The number of aryl methyl sites for hydroxylation is 13. The van der Waals surface area contributed by atoms with Crippen LogP contribution in [0.5, 0.6) is 0 Å². The van der Waals surface area contributed by atoms with E-state index in [4.69, 9.17) is 0 Å². The van der Waals surface area contributed by atoms with Crippen LogP contribution in [-0.2, 0) is 73.5 Å². The maximum Gasteiger partial charge on any atom is 0.212 e. The average molecular weight is 1570 g/mol. The summed E-state index contributed by atoms with van der Waals surface area (Å²) in [6, 6.07) is 91.0. The molecule has 0 saturated carbocycles. The van der Waals surface area contributed by atoms with Crippen molar-refractivity contribution in [1.29, 1.82) is 0 Å². The topological polar surface area (TPSA) is 15.5 Å². The van der Waals surface area contributed by atoms with Gasteiger partial charge >= 0.3 is 0 Å². The first-order valence-corrected chi connectivity index (χ1v) is 43.5. The number of hydrogen-bond donors (Lipinski definition) is 0. The van der Waals surface area contributed by atoms with Crippen molar-refractivity contribution in [2.45, 2.75) is 184 Å². The molecule has 4 aliphatic rings. The summed E-state index contributed by atoms with van der Waals surface area (Å²) in [4.78, 5) is 0. The van der Waals surface area contributed by atoms with Gasteiger partial charge in [-0.3, -0.25) is 0 Å². The Bertz CT molecular complexity index is 6890. The van der Waals surface area contributed by atoms with Crippen LogP contribution in [0.15, 0.2) is 267 Å². The molecule has 0 N–H and O–H groups in total. The molecule has 0 fully saturated rings. The van der Waals surface area contributed by atoms with E-state index in [0.717, 1.165) is 12.8 Å². The molecule has 4 aromatic heterocycles. The van der Waals surface area contributed by atoms with Crippen LogP contribution >= 0.6 is 0 Å². The van der Waals surface area contributed by atoms with Crippen molar-refractivity contribution in [3.8, 4) is 89.5 Å². The average Bonchev–Trinajstić information content (AvgIpc) is 0.701. The first-order chi connectivity index (χ1) is 57.0. The van der Waals surface area contributed by atoms with Gasteiger partial charge in [0.2, 0.25) is 22.8 Å². The molecule has 4 heteroatoms. The van der Waals surface area contributed by atoms with Crippen LogP contribution in [0.25, 0.3) is 133 Å². The van der Waals surface area contributed by atoms with Crippen LogP contribution in [0.3, 0.4) is 0 Å². The molecular weight excluding hydrogens is 1450 g/mol. The van der Waals surface area contributed by atoms with Gasteiger partial charge in [-0.05, 0) is 293 Å². The Morgan fingerprint density at radius 2 is 0.567 bits per heavy atom. The number of aromatic nitrogens is 4. The van der Waals surface area contributed by atoms with Crippen molar-refractivity contribution in [3.05, 3.63) is 356 Å². The fraction of sp³-hybridized carbons (Fsp3) is 0.276. The lowest BCUT2D eigenvalue weighted by molar-refractivity contribution is -0.660. The van der Waals surface area contributed by atoms with Crippen molar-refractivity contribution in [2.75, 3.05) is 0 Å². The van der Waals surface area contributed by atoms with Gasteiger partial charge in [0.05, 0.1) is 11.1 Å². The second-order valence-corrected chi connectivity index (χ2v) is 38.9. The summed E-state index contributed by atoms with van der Waals surface area (Å²) in [5.74, 6) is 0. The van der Waals surface area contributed by atoms with E-state index in [1.54, 1.807) is 0 Å². The van der Waals surface area contributed by atoms with Gasteiger partial charge in [0.25, 0.3) is 0 Å². The Kier molecular flexibility index (Phi) is 19.9. The Hall–Kier alpha value is -11.7. The molecule has 0 aliphatic heterocycles. The number of nitrogens with zero attached hydrogens (tertiary/aromatic N) is 4. The summed E-state index contributed by atoms with van der Waals surface area (Å²) >= 11 is 0. The normalized spacial score (nSPS) is 15.3. The molecule has 0 unspecified atom stereocenters. The summed E-state index contributed by atoms with van der Waals surface area (Å²) in [7, 11) is 8.63. The van der Waals surface area contributed by atoms with Crippen molar-refractivity contribution < 1.29 is 18.3 Å². The highest BCUT2D eigenvalue weighted by molar-refractivity contribution is 6.03. The Morgan fingerprint density at radius 3 is 1.10 bits per heavy atom. The minimum absolute atomic E-state index is 0.0243. The predicted molar refractivity (Wildman–Crippen MR) is 507 cm³/mol. The molecule has 20 rings (SSSR count). The van der Waals surface area contributed by atoms with Crippen molar-refractivity contribution in [2.24, 2.45) is 28.2 Å². The molecule has 4 nitrogen and oxygen atoms in total. The van der Waals surface area contributed by atoms with Gasteiger partial charge in [-0.1, -0.05) is 253 Å². The van der Waals surface area contributed by atoms with Gasteiger partial charge in [-0.15, -0.1) is 0 Å². The largest absolute Gasteiger partial charge is 0.212 e. The van der Waals surface area contributed by atoms with Crippen LogP contribution < -0.4 is 18.3 Å². The highest BCUT2D eigenvalue weighted by atomic mass is 14.9. The second kappa shape index (κ2) is 29.6. The van der Waals surface area contributed by atoms with E-state index < -0.39 is 0 Å². The van der Waals surface area contributed by atoms with E-state index >= 15 is 0 Å². The SMILES string of the molecule is Cc1ccc(-c2c(C)ccc3c2C(C)(C)C(C)(C)c2c-3ccc3ccccc23)[n+](C)c1.Cc1ccc(-c2c(C)ccc3c2CCc2c-3ccc3ccccc23)[n+](C)c1.Cc1ccc(-c2cc3c(cc2C)C(C)(C)C(C)(C)c2cc4ccccc4cc2-3)[n+](C)c1.Cc1ccc(-c2cc3c(cc2C)C(C)(C)C(C)(C)c2ccc4ccccc4c2-3)[n+](C)c1. The first-order valence-electron chi connectivity index (χ1n) is 43.5. The fourth-order valence-corrected chi connectivity index (χ4v) is 21.3. The maximum absolute atomic E-state index is 2.46. The summed E-state index contributed by atoms with van der Waals surface area (Å²) in [6.45, 7) is 46.7. The zero-order valence-corrected chi connectivity index (χ0v) is 75.6. The maximum atomic E-state index is 2.46. The van der Waals surface area contributed by atoms with E-state index in [-0.39, 0.29) is 32.5 Å². The monoisotopic (exact) mass is 1570 g/mol. The molecule has 0 spiro atoms. The predicted octanol–water partition coefficient (Wildman–Crippen LogP) is 27.3. The standard InChI is InChI=1S/3C30H32N.C26H24N/c1-19-12-17-25(31(7)18-19)26-20(2)13-15-24-23-16-14-21-10-8-9-11-22(21)27(23)29(3,4)30(5,6)28(24)26;1-19-12-15-27(31(7)18-19)23-17-24-26(16-20(23)2)30(5,6)29(3,4)25-14-13-21-10-8-9-11-22(21)28(24)25;1-19-12-13-28(31(7)18-19)23-17-25-24-15-21-10-8-9-11-22(21)16-27(24)30(5,6)29(3,4)26(25)14-20(23)2;1-17-8-15-25(27(3)16-17)26-18(2)9-11-23-22-12-10-19-6-4-5-7-20(19)21(22)13-14-24(23)26/h3*8-18H,1-7H3;4-12,15-16H,13-14H2,1-3H3/q4*+1. The van der Waals surface area contributed by atoms with Crippen LogP contribution in [0.4, 0.5) is 0 Å². The quantitative estimate of drug-likeness (QED) is 0.156. The number of hydrogen-bond acceptors (Lipinski definition) is 0. The van der Waals surface area contributed by atoms with Crippen LogP contribution in [0, 0.1) is 55.4 Å². The second-order valence-electron chi connectivity index (χ2n) is 38.9. The lowest BCUT2D eigenvalue weighted by Gasteiger charge is -2.49. The molecule has 0 saturated heterocycles. The summed E-state index contributed by atoms with van der Waals surface area (Å²) in [5, 5.41) is 10.8. The summed E-state index contributed by atoms with van der Waals surface area (Å²) < 4.78 is 9.07. The Labute approximate surface area is 714 Å². The zero-order valence-electron chi connectivity index (χ0n) is 75.6. The number of benzene rings is 12. The van der Waals surface area contributed by atoms with Gasteiger partial charge < -0.3 is 0 Å². The Balaban J connectivity index is 0.000000114. The lowest BCUT2D eigenvalue weighted by Crippen LogP contribution is -2.45. The molecule has 120 heavy (non-hydrogen) atoms. The van der Waals surface area contributed by atoms with E-state index in [1.165, 1.54) is 222 Å². The third-order valence-corrected chi connectivity index (χ3v) is 30.0. The van der Waals surface area contributed by atoms with Crippen molar-refractivity contribution >= 4 is 43.1 Å². The highest BCUT2D eigenvalue weighted by Gasteiger charge is 2.51. The molecule has 0 amide bonds. The van der Waals surface area contributed by atoms with Crippen LogP contribution in [0.1, 0.15) is 172 Å². The Morgan fingerprint density at radius 1 is 0.217 bits per heavy atom. The summed E-state index contributed by atoms with van der Waals surface area (Å²) in [5.41, 5.74) is 44.0. The minimum Gasteiger partial charge on any atom is -0.201 e. The van der Waals surface area contributed by atoms with E-state index in [1.807, 2.05) is 0 Å². The van der Waals surface area contributed by atoms with Gasteiger partial charge in [-0.25, -0.2) is 18.3 Å². The summed E-state index contributed by atoms with van der Waals surface area (Å²) in [6.07, 6.45) is 11.1. The van der Waals surface area contributed by atoms with Crippen LogP contribution in [-0.4, -0.2) is 0 Å². The van der Waals surface area contributed by atoms with E-state index in [2.05, 4.69) is 452 Å². The molecule has 0 radical (unpaired) electrons. The zero-order chi connectivity index (χ0) is 84.9. The number of fused-ring (bicyclic) bond motifs is 19. The molecule has 4 heterocycles. The molecule has 16 aromatic rings. The van der Waals surface area contributed by atoms with Gasteiger partial charge in [0.1, 0.15) is 28.2 Å². The van der Waals surface area contributed by atoms with Gasteiger partial charge in [0, 0.05) is 68.5 Å². The number of rotatable bonds is 4. The third kappa shape index (κ3) is 13.0. The van der Waals surface area contributed by atoms with Gasteiger partial charge in [-0.2, -0.15) is 0 Å². The molecular formula is C116H120N4+4. The lowest BCUT2D eigenvalue weighted by atomic mass is 9.53. The first kappa shape index (κ1) is 80.7. The smallest absolute Gasteiger partial charge is 0.201 e. The van der Waals surface area contributed by atoms with Crippen LogP contribution in [0.2, 0.25) is 0 Å². The van der Waals surface area contributed by atoms with Gasteiger partial charge in [0.15, 0.2) is 24.8 Å². The van der Waals surface area contributed by atoms with E-state index in [9.17, 15) is 0 Å². The highest BCUT2D eigenvalue weighted by Crippen LogP contribution is 2.61. The fourth-order valence-electron chi connectivity index (χ4n) is 21.3.